The number of aliphatic hydroxyl groups is 2. The molecule has 4 amide bonds. The highest BCUT2D eigenvalue weighted by molar-refractivity contribution is 5.98. The Labute approximate surface area is 438 Å². The van der Waals surface area contributed by atoms with Gasteiger partial charge in [-0.25, -0.2) is 4.79 Å². The van der Waals surface area contributed by atoms with Crippen LogP contribution in [0.5, 0.6) is 5.75 Å². The van der Waals surface area contributed by atoms with Crippen LogP contribution in [0, 0.1) is 23.2 Å². The Morgan fingerprint density at radius 3 is 2.49 bits per heavy atom. The fraction of sp³-hybridized carbons (Fsp3) is 0.536. The van der Waals surface area contributed by atoms with Crippen molar-refractivity contribution in [2.75, 3.05) is 73.2 Å². The van der Waals surface area contributed by atoms with Crippen LogP contribution in [-0.4, -0.2) is 171 Å². The lowest BCUT2D eigenvalue weighted by Crippen LogP contribution is -2.67. The molecule has 3 saturated heterocycles. The summed E-state index contributed by atoms with van der Waals surface area (Å²) in [6.07, 6.45) is 1.72. The number of nitrogens with zero attached hydrogens (tertiary/aromatic N) is 6. The van der Waals surface area contributed by atoms with E-state index in [1.165, 1.54) is 18.0 Å². The minimum Gasteiger partial charge on any atom is -0.508 e. The number of aromatic hydroxyl groups is 1. The molecule has 0 spiro atoms. The molecule has 1 unspecified atom stereocenters. The number of cyclic esters (lactones) is 1. The Morgan fingerprint density at radius 1 is 1.01 bits per heavy atom. The van der Waals surface area contributed by atoms with E-state index in [1.807, 2.05) is 51.1 Å². The summed E-state index contributed by atoms with van der Waals surface area (Å²) in [5.41, 5.74) is 4.09. The predicted octanol–water partition coefficient (Wildman–Crippen LogP) is 3.55. The third-order valence-corrected chi connectivity index (χ3v) is 14.9. The zero-order chi connectivity index (χ0) is 54.0. The van der Waals surface area contributed by atoms with Crippen LogP contribution < -0.4 is 10.7 Å². The number of carbonyl (C=O) groups is 5. The molecule has 4 aliphatic heterocycles. The van der Waals surface area contributed by atoms with Gasteiger partial charge in [-0.15, -0.1) is 0 Å². The van der Waals surface area contributed by atoms with Crippen LogP contribution in [0.1, 0.15) is 83.7 Å². The number of hydrogen-bond donors (Lipinski definition) is 5. The Balaban J connectivity index is 1.14. The fourth-order valence-corrected chi connectivity index (χ4v) is 11.0. The number of aryl methyl sites for hydroxylation is 1. The van der Waals surface area contributed by atoms with Gasteiger partial charge in [0.05, 0.1) is 50.4 Å². The number of amides is 4. The van der Waals surface area contributed by atoms with E-state index < -0.39 is 64.3 Å². The van der Waals surface area contributed by atoms with E-state index >= 15 is 0 Å². The highest BCUT2D eigenvalue weighted by atomic mass is 16.6. The van der Waals surface area contributed by atoms with Crippen molar-refractivity contribution in [3.8, 4) is 40.0 Å². The maximum Gasteiger partial charge on any atom is 0.355 e. The van der Waals surface area contributed by atoms with E-state index in [-0.39, 0.29) is 63.8 Å². The topological polar surface area (TPSA) is 229 Å². The van der Waals surface area contributed by atoms with Gasteiger partial charge in [-0.3, -0.25) is 34.1 Å². The van der Waals surface area contributed by atoms with Crippen molar-refractivity contribution in [2.45, 2.75) is 110 Å². The Kier molecular flexibility index (Phi) is 16.4. The third kappa shape index (κ3) is 11.7. The van der Waals surface area contributed by atoms with Gasteiger partial charge in [0, 0.05) is 94.2 Å². The van der Waals surface area contributed by atoms with Crippen LogP contribution in [0.25, 0.3) is 33.3 Å². The molecule has 6 bridgehead atoms. The molecular formula is C56H72N8O11. The molecule has 0 radical (unpaired) electrons. The van der Waals surface area contributed by atoms with Crippen molar-refractivity contribution in [3.05, 3.63) is 71.5 Å². The number of methoxy groups -OCH3 is 1. The van der Waals surface area contributed by atoms with Crippen LogP contribution in [0.2, 0.25) is 0 Å². The highest BCUT2D eigenvalue weighted by Crippen LogP contribution is 2.42. The van der Waals surface area contributed by atoms with E-state index in [2.05, 4.69) is 45.0 Å². The number of esters is 1. The van der Waals surface area contributed by atoms with Gasteiger partial charge < -0.3 is 49.2 Å². The molecule has 4 aromatic rings. The molecule has 5 atom stereocenters. The molecule has 75 heavy (non-hydrogen) atoms. The largest absolute Gasteiger partial charge is 0.508 e. The quantitative estimate of drug-likeness (QED) is 0.113. The standard InChI is InChI=1S/C56H72N8O11/c1-9-63-45-16-15-38-31-42(45)43(49(63)41-13-10-19-57-47(41)36(4)73-8)32-54(5,6)34-75-53(70)56(72)17-12-21-64(59-56)51(68)44(29-37-27-39(38)30-40(65)28-37)58-50(67)48(35(2)3)60(7)52(69)55(71)18-22-62(33-55)46(66)14-11-20-61-23-25-74-26-24-61/h10,13,15-16,19,27-28,30-31,35-36,44,48,59,65,71-72H,9,12,17-18,20-26,29,32-34H2,1-8H3,(H,58,67)/t36-,44-,48-,55?,56-/m0/s1. The summed E-state index contributed by atoms with van der Waals surface area (Å²) < 4.78 is 19.4. The van der Waals surface area contributed by atoms with Crippen LogP contribution in [0.4, 0.5) is 0 Å². The number of carbonyl (C=O) groups excluding carboxylic acids is 5. The van der Waals surface area contributed by atoms with Crippen molar-refractivity contribution in [1.82, 2.24) is 40.0 Å². The number of likely N-dealkylation sites (tertiary alicyclic amines) is 1. The molecule has 0 aliphatic carbocycles. The molecule has 19 heteroatoms. The molecule has 3 fully saturated rings. The van der Waals surface area contributed by atoms with Crippen molar-refractivity contribution in [3.63, 3.8) is 0 Å². The number of benzene rings is 2. The first-order valence-corrected chi connectivity index (χ1v) is 26.0. The van der Waals surface area contributed by atoms with E-state index in [0.717, 1.165) is 48.9 Å². The van der Waals surface area contributed by atoms with Gasteiger partial charge >= 0.3 is 5.97 Å². The van der Waals surface area contributed by atoms with E-state index in [0.29, 0.717) is 56.9 Å². The van der Waals surface area contributed by atoms with Gasteiger partial charge in [-0.2, -0.15) is 5.43 Å². The minimum absolute atomic E-state index is 0.0570. The minimum atomic E-state index is -2.31. The van der Waals surface area contributed by atoms with Gasteiger partial charge in [0.1, 0.15) is 17.8 Å². The van der Waals surface area contributed by atoms with Crippen LogP contribution in [0.15, 0.2) is 54.7 Å². The first kappa shape index (κ1) is 54.8. The van der Waals surface area contributed by atoms with Crippen molar-refractivity contribution < 1.29 is 53.5 Å². The normalized spacial score (nSPS) is 23.2. The number of hydrazine groups is 1. The van der Waals surface area contributed by atoms with Crippen molar-refractivity contribution in [1.29, 1.82) is 0 Å². The fourth-order valence-electron chi connectivity index (χ4n) is 11.0. The molecule has 8 rings (SSSR count). The highest BCUT2D eigenvalue weighted by Gasteiger charge is 2.49. The number of β-amino-alcohol motifs (C(OH)–C–C–N with tert-alkyl or cyclic N) is 1. The molecule has 6 heterocycles. The monoisotopic (exact) mass is 1030 g/mol. The summed E-state index contributed by atoms with van der Waals surface area (Å²) in [6.45, 7) is 14.7. The third-order valence-electron chi connectivity index (χ3n) is 14.9. The van der Waals surface area contributed by atoms with E-state index in [9.17, 15) is 39.3 Å². The lowest BCUT2D eigenvalue weighted by Gasteiger charge is -2.40. The maximum atomic E-state index is 14.9. The number of pyridine rings is 1. The second-order valence-electron chi connectivity index (χ2n) is 21.6. The molecule has 4 aliphatic rings. The Bertz CT molecular complexity index is 2890. The molecular weight excluding hydrogens is 961 g/mol. The number of fused-ring (bicyclic) bond motifs is 6. The van der Waals surface area contributed by atoms with Crippen LogP contribution in [-0.2, 0) is 57.6 Å². The van der Waals surface area contributed by atoms with Crippen molar-refractivity contribution in [2.24, 2.45) is 11.3 Å². The summed E-state index contributed by atoms with van der Waals surface area (Å²) in [7, 11) is 3.05. The number of ether oxygens (including phenoxy) is 3. The molecule has 19 nitrogen and oxygen atoms in total. The maximum absolute atomic E-state index is 14.9. The first-order valence-electron chi connectivity index (χ1n) is 26.0. The molecule has 402 valence electrons. The number of nitrogens with one attached hydrogen (secondary N) is 2. The number of aromatic nitrogens is 2. The smallest absolute Gasteiger partial charge is 0.355 e. The van der Waals surface area contributed by atoms with Crippen LogP contribution >= 0.6 is 0 Å². The van der Waals surface area contributed by atoms with E-state index in [1.54, 1.807) is 33.2 Å². The van der Waals surface area contributed by atoms with Gasteiger partial charge in [0.2, 0.25) is 11.6 Å². The second kappa shape index (κ2) is 22.4. The molecule has 0 saturated carbocycles. The summed E-state index contributed by atoms with van der Waals surface area (Å²) in [5, 5.41) is 40.1. The lowest BCUT2D eigenvalue weighted by atomic mass is 9.84. The van der Waals surface area contributed by atoms with E-state index in [4.69, 9.17) is 19.2 Å². The molecule has 2 aromatic heterocycles. The average Bonchev–Trinajstić information content (AvgIpc) is 3.94. The number of rotatable bonds is 10. The average molecular weight is 1030 g/mol. The van der Waals surface area contributed by atoms with Gasteiger partial charge in [-0.05, 0) is 97.2 Å². The molecule has 2 aromatic carbocycles. The van der Waals surface area contributed by atoms with Gasteiger partial charge in [0.15, 0.2) is 5.60 Å². The summed E-state index contributed by atoms with van der Waals surface area (Å²) in [5.74, 6) is 1.20. The number of phenols is 1. The number of morpholine rings is 1. The second-order valence-corrected chi connectivity index (χ2v) is 21.6. The zero-order valence-electron chi connectivity index (χ0n) is 44.4. The number of hydrogen-bond acceptors (Lipinski definition) is 14. The lowest BCUT2D eigenvalue weighted by molar-refractivity contribution is -0.189. The summed E-state index contributed by atoms with van der Waals surface area (Å²) in [4.78, 5) is 80.4. The molecule has 5 N–H and O–H groups in total. The summed E-state index contributed by atoms with van der Waals surface area (Å²) in [6, 6.07) is 12.4. The number of likely N-dealkylation sites (N-methyl/N-ethyl adjacent to an activating group) is 1. The first-order chi connectivity index (χ1) is 35.7. The Morgan fingerprint density at radius 2 is 1.77 bits per heavy atom. The summed E-state index contributed by atoms with van der Waals surface area (Å²) >= 11 is 0. The number of phenolic OH excluding ortho intramolecular Hbond substituents is 1. The zero-order valence-corrected chi connectivity index (χ0v) is 44.4. The predicted molar refractivity (Wildman–Crippen MR) is 279 cm³/mol. The van der Waals surface area contributed by atoms with Crippen LogP contribution in [0.3, 0.4) is 0 Å². The van der Waals surface area contributed by atoms with Crippen molar-refractivity contribution >= 4 is 40.5 Å². The SMILES string of the molecule is CCn1c(-c2cccnc2[C@H](C)OC)c2c3cc(ccc31)-c1cc(O)cc(c1)C[C@H](NC(=O)[C@H](C(C)C)N(C)C(=O)C1(O)CCN(C(=O)C#CCN3CCOCC3)C1)C(=O)N1CCC[C@@](O)(N1)C(=O)OCC(C)(C)C2. The van der Waals surface area contributed by atoms with Gasteiger partial charge in [0.25, 0.3) is 17.7 Å². The van der Waals surface area contributed by atoms with Gasteiger partial charge in [-0.1, -0.05) is 45.7 Å². The Hall–Kier alpha value is -6.40.